The van der Waals surface area contributed by atoms with Crippen LogP contribution in [0.5, 0.6) is 0 Å². The molecular weight excluding hydrogens is 388 g/mol. The number of aromatic nitrogens is 2. The summed E-state index contributed by atoms with van der Waals surface area (Å²) in [6.45, 7) is 8.73. The summed E-state index contributed by atoms with van der Waals surface area (Å²) in [7, 11) is 0. The molecule has 1 saturated heterocycles. The van der Waals surface area contributed by atoms with Crippen LogP contribution in [0.4, 0.5) is 0 Å². The average Bonchev–Trinajstić information content (AvgIpc) is 3.28. The van der Waals surface area contributed by atoms with E-state index >= 15 is 0 Å². The molecular formula is C21H24N4OS2. The molecule has 3 aromatic rings. The van der Waals surface area contributed by atoms with Gasteiger partial charge in [0.25, 0.3) is 0 Å². The highest BCUT2D eigenvalue weighted by molar-refractivity contribution is 8.00. The Morgan fingerprint density at radius 3 is 2.64 bits per heavy atom. The fourth-order valence-electron chi connectivity index (χ4n) is 3.41. The van der Waals surface area contributed by atoms with Gasteiger partial charge >= 0.3 is 0 Å². The van der Waals surface area contributed by atoms with Gasteiger partial charge in [0, 0.05) is 31.6 Å². The standard InChI is InChI=1S/C21H24N4OS2/c1-3-24-10-12-25(13-11-24)21(26)15(2)28-20-16-7-4-5-8-17(16)22-19(23-20)18-9-6-14-27-18/h4-9,14-15H,3,10-13H2,1-2H3/t15-/m1/s1. The first-order valence-corrected chi connectivity index (χ1v) is 11.4. The number of amides is 1. The Hall–Kier alpha value is -1.96. The summed E-state index contributed by atoms with van der Waals surface area (Å²) in [5, 5.41) is 3.73. The molecule has 1 aromatic carbocycles. The number of carbonyl (C=O) groups is 1. The molecule has 3 heterocycles. The second-order valence-corrected chi connectivity index (χ2v) is 9.14. The van der Waals surface area contributed by atoms with Crippen LogP contribution in [0.2, 0.25) is 0 Å². The van der Waals surface area contributed by atoms with Gasteiger partial charge in [-0.25, -0.2) is 9.97 Å². The van der Waals surface area contributed by atoms with E-state index in [0.717, 1.165) is 59.4 Å². The summed E-state index contributed by atoms with van der Waals surface area (Å²) in [5.41, 5.74) is 0.916. The minimum absolute atomic E-state index is 0.178. The Morgan fingerprint density at radius 2 is 1.93 bits per heavy atom. The van der Waals surface area contributed by atoms with Crippen molar-refractivity contribution < 1.29 is 4.79 Å². The normalized spacial score (nSPS) is 16.4. The number of hydrogen-bond donors (Lipinski definition) is 0. The maximum absolute atomic E-state index is 13.0. The van der Waals surface area contributed by atoms with E-state index in [-0.39, 0.29) is 11.2 Å². The third kappa shape index (κ3) is 4.06. The van der Waals surface area contributed by atoms with Gasteiger partial charge < -0.3 is 9.80 Å². The molecule has 146 valence electrons. The van der Waals surface area contributed by atoms with Crippen LogP contribution in [-0.2, 0) is 4.79 Å². The van der Waals surface area contributed by atoms with Crippen molar-refractivity contribution in [3.05, 3.63) is 41.8 Å². The van der Waals surface area contributed by atoms with Gasteiger partial charge in [-0.3, -0.25) is 4.79 Å². The highest BCUT2D eigenvalue weighted by Gasteiger charge is 2.26. The number of benzene rings is 1. The molecule has 2 aromatic heterocycles. The molecule has 1 aliphatic heterocycles. The van der Waals surface area contributed by atoms with E-state index < -0.39 is 0 Å². The maximum Gasteiger partial charge on any atom is 0.235 e. The lowest BCUT2D eigenvalue weighted by molar-refractivity contribution is -0.132. The van der Waals surface area contributed by atoms with E-state index in [2.05, 4.69) is 11.8 Å². The Morgan fingerprint density at radius 1 is 1.14 bits per heavy atom. The zero-order valence-corrected chi connectivity index (χ0v) is 17.8. The van der Waals surface area contributed by atoms with Gasteiger partial charge in [-0.1, -0.05) is 43.0 Å². The fourth-order valence-corrected chi connectivity index (χ4v) is 5.09. The molecule has 4 rings (SSSR count). The predicted octanol–water partition coefficient (Wildman–Crippen LogP) is 4.00. The maximum atomic E-state index is 13.0. The van der Waals surface area contributed by atoms with Crippen LogP contribution in [-0.4, -0.2) is 63.6 Å². The molecule has 28 heavy (non-hydrogen) atoms. The number of carbonyl (C=O) groups excluding carboxylic acids is 1. The van der Waals surface area contributed by atoms with Crippen LogP contribution in [0, 0.1) is 0 Å². The summed E-state index contributed by atoms with van der Waals surface area (Å²) in [6.07, 6.45) is 0. The number of piperazine rings is 1. The molecule has 5 nitrogen and oxygen atoms in total. The van der Waals surface area contributed by atoms with Crippen molar-refractivity contribution in [2.24, 2.45) is 0 Å². The van der Waals surface area contributed by atoms with Crippen LogP contribution in [0.25, 0.3) is 21.6 Å². The van der Waals surface area contributed by atoms with E-state index in [1.165, 1.54) is 0 Å². The highest BCUT2D eigenvalue weighted by atomic mass is 32.2. The third-order valence-electron chi connectivity index (χ3n) is 5.08. The molecule has 0 radical (unpaired) electrons. The average molecular weight is 413 g/mol. The van der Waals surface area contributed by atoms with Gasteiger partial charge in [0.1, 0.15) is 5.03 Å². The third-order valence-corrected chi connectivity index (χ3v) is 7.03. The van der Waals surface area contributed by atoms with Crippen LogP contribution < -0.4 is 0 Å². The quantitative estimate of drug-likeness (QED) is 0.468. The summed E-state index contributed by atoms with van der Waals surface area (Å²) in [4.78, 5) is 28.0. The second-order valence-electron chi connectivity index (χ2n) is 6.87. The smallest absolute Gasteiger partial charge is 0.235 e. The van der Waals surface area contributed by atoms with Gasteiger partial charge in [0.15, 0.2) is 5.82 Å². The fraction of sp³-hybridized carbons (Fsp3) is 0.381. The van der Waals surface area contributed by atoms with E-state index in [1.54, 1.807) is 23.1 Å². The van der Waals surface area contributed by atoms with Crippen molar-refractivity contribution in [2.45, 2.75) is 24.1 Å². The van der Waals surface area contributed by atoms with Crippen molar-refractivity contribution in [2.75, 3.05) is 32.7 Å². The van der Waals surface area contributed by atoms with Crippen molar-refractivity contribution in [1.82, 2.24) is 19.8 Å². The first-order chi connectivity index (χ1) is 13.7. The van der Waals surface area contributed by atoms with Crippen LogP contribution in [0.1, 0.15) is 13.8 Å². The number of fused-ring (bicyclic) bond motifs is 1. The zero-order chi connectivity index (χ0) is 19.5. The zero-order valence-electron chi connectivity index (χ0n) is 16.2. The van der Waals surface area contributed by atoms with E-state index in [0.29, 0.717) is 0 Å². The number of likely N-dealkylation sites (N-methyl/N-ethyl adjacent to an activating group) is 1. The van der Waals surface area contributed by atoms with Gasteiger partial charge in [-0.15, -0.1) is 11.3 Å². The van der Waals surface area contributed by atoms with Crippen LogP contribution in [0.3, 0.4) is 0 Å². The molecule has 0 N–H and O–H groups in total. The van der Waals surface area contributed by atoms with Crippen molar-refractivity contribution in [1.29, 1.82) is 0 Å². The van der Waals surface area contributed by atoms with Crippen molar-refractivity contribution >= 4 is 39.9 Å². The topological polar surface area (TPSA) is 49.3 Å². The van der Waals surface area contributed by atoms with E-state index in [9.17, 15) is 4.79 Å². The predicted molar refractivity (Wildman–Crippen MR) is 117 cm³/mol. The first kappa shape index (κ1) is 19.4. The molecule has 0 spiro atoms. The molecule has 1 atom stereocenters. The molecule has 0 aliphatic carbocycles. The molecule has 0 bridgehead atoms. The Kier molecular flexibility index (Phi) is 5.94. The molecule has 1 aliphatic rings. The molecule has 1 amide bonds. The van der Waals surface area contributed by atoms with Crippen molar-refractivity contribution in [3.63, 3.8) is 0 Å². The molecule has 0 unspecified atom stereocenters. The second kappa shape index (κ2) is 8.59. The summed E-state index contributed by atoms with van der Waals surface area (Å²) >= 11 is 3.17. The highest BCUT2D eigenvalue weighted by Crippen LogP contribution is 2.32. The number of rotatable bonds is 5. The molecule has 0 saturated carbocycles. The van der Waals surface area contributed by atoms with E-state index in [4.69, 9.17) is 9.97 Å². The summed E-state index contributed by atoms with van der Waals surface area (Å²) in [6, 6.07) is 12.1. The van der Waals surface area contributed by atoms with Crippen LogP contribution >= 0.6 is 23.1 Å². The molecule has 1 fully saturated rings. The van der Waals surface area contributed by atoms with Gasteiger partial charge in [-0.05, 0) is 31.0 Å². The number of thiophene rings is 1. The number of nitrogens with zero attached hydrogens (tertiary/aromatic N) is 4. The number of hydrogen-bond acceptors (Lipinski definition) is 6. The number of thioether (sulfide) groups is 1. The SMILES string of the molecule is CCN1CCN(C(=O)[C@@H](C)Sc2nc(-c3cccs3)nc3ccccc23)CC1. The monoisotopic (exact) mass is 412 g/mol. The Labute approximate surface area is 173 Å². The first-order valence-electron chi connectivity index (χ1n) is 9.64. The minimum Gasteiger partial charge on any atom is -0.339 e. The summed E-state index contributed by atoms with van der Waals surface area (Å²) in [5.74, 6) is 0.925. The molecule has 7 heteroatoms. The van der Waals surface area contributed by atoms with Crippen LogP contribution in [0.15, 0.2) is 46.8 Å². The van der Waals surface area contributed by atoms with Gasteiger partial charge in [0.2, 0.25) is 5.91 Å². The Bertz CT molecular complexity index is 952. The lowest BCUT2D eigenvalue weighted by atomic mass is 10.2. The largest absolute Gasteiger partial charge is 0.339 e. The lowest BCUT2D eigenvalue weighted by Crippen LogP contribution is -2.50. The number of para-hydroxylation sites is 1. The summed E-state index contributed by atoms with van der Waals surface area (Å²) < 4.78 is 0. The van der Waals surface area contributed by atoms with Gasteiger partial charge in [0.05, 0.1) is 15.6 Å². The Balaban J connectivity index is 1.57. The van der Waals surface area contributed by atoms with Gasteiger partial charge in [-0.2, -0.15) is 0 Å². The van der Waals surface area contributed by atoms with Crippen molar-refractivity contribution in [3.8, 4) is 10.7 Å². The lowest BCUT2D eigenvalue weighted by Gasteiger charge is -2.35. The van der Waals surface area contributed by atoms with E-state index in [1.807, 2.05) is 53.6 Å². The minimum atomic E-state index is -0.178.